The molecule has 6 heteroatoms. The highest BCUT2D eigenvalue weighted by molar-refractivity contribution is 7.96. The first kappa shape index (κ1) is 11.0. The van der Waals surface area contributed by atoms with Crippen LogP contribution in [0.25, 0.3) is 5.03 Å². The van der Waals surface area contributed by atoms with Crippen molar-refractivity contribution in [3.63, 3.8) is 0 Å². The topological polar surface area (TPSA) is 16.1 Å². The quantitative estimate of drug-likeness (QED) is 0.571. The van der Waals surface area contributed by atoms with Crippen LogP contribution in [0.3, 0.4) is 0 Å². The lowest BCUT2D eigenvalue weighted by Gasteiger charge is -2.24. The van der Waals surface area contributed by atoms with Crippen LogP contribution in [0, 0.1) is 5.82 Å². The van der Waals surface area contributed by atoms with E-state index in [0.29, 0.717) is 22.7 Å². The highest BCUT2D eigenvalue weighted by Gasteiger charge is 2.21. The first-order valence-electron chi connectivity index (χ1n) is 4.14. The Morgan fingerprint density at radius 1 is 1.53 bits per heavy atom. The van der Waals surface area contributed by atoms with Gasteiger partial charge in [0.2, 0.25) is 0 Å². The largest absolute Gasteiger partial charge is 0.317 e. The van der Waals surface area contributed by atoms with Crippen LogP contribution in [0.2, 0.25) is 5.15 Å². The van der Waals surface area contributed by atoms with Gasteiger partial charge in [-0.1, -0.05) is 35.1 Å². The van der Waals surface area contributed by atoms with Crippen molar-refractivity contribution < 1.29 is 4.39 Å². The first-order valence-corrected chi connectivity index (χ1v) is 6.08. The van der Waals surface area contributed by atoms with Gasteiger partial charge in [-0.3, -0.25) is 0 Å². The zero-order chi connectivity index (χ0) is 11.0. The van der Waals surface area contributed by atoms with Crippen LogP contribution in [-0.2, 0) is 6.54 Å². The maximum Gasteiger partial charge on any atom is 0.166 e. The van der Waals surface area contributed by atoms with Crippen molar-refractivity contribution in [1.29, 1.82) is 0 Å². The molecule has 2 heterocycles. The molecule has 80 valence electrons. The van der Waals surface area contributed by atoms with Crippen LogP contribution >= 0.6 is 35.1 Å². The van der Waals surface area contributed by atoms with Crippen LogP contribution in [0.4, 0.5) is 4.39 Å². The fourth-order valence-corrected chi connectivity index (χ4v) is 2.34. The number of halogens is 3. The summed E-state index contributed by atoms with van der Waals surface area (Å²) in [5.74, 6) is -0.487. The molecule has 2 nitrogen and oxygen atoms in total. The summed E-state index contributed by atoms with van der Waals surface area (Å²) in [7, 11) is 0. The Balaban J connectivity index is 2.55. The average molecular weight is 265 g/mol. The zero-order valence-corrected chi connectivity index (χ0v) is 10.1. The van der Waals surface area contributed by atoms with Crippen LogP contribution in [-0.4, -0.2) is 15.5 Å². The molecule has 0 saturated heterocycles. The van der Waals surface area contributed by atoms with E-state index in [1.165, 1.54) is 18.1 Å². The lowest BCUT2D eigenvalue weighted by Crippen LogP contribution is -2.15. The van der Waals surface area contributed by atoms with E-state index in [2.05, 4.69) is 4.98 Å². The second kappa shape index (κ2) is 4.20. The van der Waals surface area contributed by atoms with Crippen LogP contribution < -0.4 is 0 Å². The molecule has 1 aliphatic rings. The van der Waals surface area contributed by atoms with Crippen LogP contribution in [0.5, 0.6) is 0 Å². The minimum atomic E-state index is -0.487. The molecule has 0 unspecified atom stereocenters. The second-order valence-electron chi connectivity index (χ2n) is 2.99. The lowest BCUT2D eigenvalue weighted by atomic mass is 10.1. The Bertz CT molecular complexity index is 436. The van der Waals surface area contributed by atoms with Crippen LogP contribution in [0.1, 0.15) is 11.1 Å². The van der Waals surface area contributed by atoms with Gasteiger partial charge in [0.25, 0.3) is 0 Å². The van der Waals surface area contributed by atoms with Gasteiger partial charge in [0.05, 0.1) is 11.6 Å². The molecule has 1 aromatic rings. The van der Waals surface area contributed by atoms with Crippen molar-refractivity contribution in [1.82, 2.24) is 9.29 Å². The molecule has 0 radical (unpaired) electrons. The summed E-state index contributed by atoms with van der Waals surface area (Å²) in [6.45, 7) is 0.445. The Kier molecular flexibility index (Phi) is 3.09. The number of fused-ring (bicyclic) bond motifs is 1. The SMILES string of the molecule is CSN1C=C(Cl)c2cnc(Cl)c(F)c2C1. The van der Waals surface area contributed by atoms with Crippen molar-refractivity contribution in [2.75, 3.05) is 6.26 Å². The fraction of sp³-hybridized carbons (Fsp3) is 0.222. The molecular formula is C9H7Cl2FN2S. The smallest absolute Gasteiger partial charge is 0.166 e. The fourth-order valence-electron chi connectivity index (χ4n) is 1.37. The normalized spacial score (nSPS) is 14.9. The van der Waals surface area contributed by atoms with Crippen LogP contribution in [0.15, 0.2) is 12.4 Å². The molecule has 2 rings (SSSR count). The van der Waals surface area contributed by atoms with Crippen molar-refractivity contribution in [3.05, 3.63) is 34.5 Å². The first-order chi connectivity index (χ1) is 7.13. The van der Waals surface area contributed by atoms with E-state index in [0.717, 1.165) is 0 Å². The van der Waals surface area contributed by atoms with Crippen molar-refractivity contribution >= 4 is 40.2 Å². The van der Waals surface area contributed by atoms with Gasteiger partial charge in [-0.2, -0.15) is 0 Å². The number of rotatable bonds is 1. The van der Waals surface area contributed by atoms with E-state index in [4.69, 9.17) is 23.2 Å². The molecule has 0 atom stereocenters. The molecule has 0 amide bonds. The van der Waals surface area contributed by atoms with Gasteiger partial charge < -0.3 is 4.31 Å². The van der Waals surface area contributed by atoms with Gasteiger partial charge in [0.1, 0.15) is 0 Å². The van der Waals surface area contributed by atoms with E-state index < -0.39 is 5.82 Å². The van der Waals surface area contributed by atoms with Gasteiger partial charge >= 0.3 is 0 Å². The number of aromatic nitrogens is 1. The summed E-state index contributed by atoms with van der Waals surface area (Å²) in [4.78, 5) is 3.73. The lowest BCUT2D eigenvalue weighted by molar-refractivity contribution is 0.548. The van der Waals surface area contributed by atoms with E-state index in [1.807, 2.05) is 10.6 Å². The summed E-state index contributed by atoms with van der Waals surface area (Å²) in [5, 5.41) is 0.370. The zero-order valence-electron chi connectivity index (χ0n) is 7.80. The Labute approximate surface area is 101 Å². The summed E-state index contributed by atoms with van der Waals surface area (Å²) >= 11 is 13.1. The molecule has 1 aliphatic heterocycles. The Hall–Kier alpha value is -0.450. The van der Waals surface area contributed by atoms with Crippen molar-refractivity contribution in [2.45, 2.75) is 6.54 Å². The summed E-state index contributed by atoms with van der Waals surface area (Å²) in [6, 6.07) is 0. The summed E-state index contributed by atoms with van der Waals surface area (Å²) < 4.78 is 15.5. The molecule has 1 aromatic heterocycles. The number of pyridine rings is 1. The molecule has 15 heavy (non-hydrogen) atoms. The molecule has 0 bridgehead atoms. The third-order valence-corrected chi connectivity index (χ3v) is 3.41. The van der Waals surface area contributed by atoms with E-state index in [-0.39, 0.29) is 5.15 Å². The average Bonchev–Trinajstić information content (AvgIpc) is 2.23. The Morgan fingerprint density at radius 3 is 2.93 bits per heavy atom. The van der Waals surface area contributed by atoms with Crippen molar-refractivity contribution in [3.8, 4) is 0 Å². The number of nitrogens with zero attached hydrogens (tertiary/aromatic N) is 2. The predicted molar refractivity (Wildman–Crippen MR) is 62.1 cm³/mol. The predicted octanol–water partition coefficient (Wildman–Crippen LogP) is 3.50. The molecule has 0 aromatic carbocycles. The molecule has 0 fully saturated rings. The summed E-state index contributed by atoms with van der Waals surface area (Å²) in [6.07, 6.45) is 5.15. The minimum absolute atomic E-state index is 0.110. The summed E-state index contributed by atoms with van der Waals surface area (Å²) in [5.41, 5.74) is 1.11. The van der Waals surface area contributed by atoms with Gasteiger partial charge in [-0.15, -0.1) is 0 Å². The minimum Gasteiger partial charge on any atom is -0.317 e. The maximum atomic E-state index is 13.7. The molecule has 0 N–H and O–H groups in total. The third-order valence-electron chi connectivity index (χ3n) is 2.14. The highest BCUT2D eigenvalue weighted by atomic mass is 35.5. The van der Waals surface area contributed by atoms with E-state index in [1.54, 1.807) is 6.20 Å². The van der Waals surface area contributed by atoms with Gasteiger partial charge in [-0.05, 0) is 0 Å². The third kappa shape index (κ3) is 1.94. The number of hydrogen-bond acceptors (Lipinski definition) is 3. The highest BCUT2D eigenvalue weighted by Crippen LogP contribution is 2.34. The van der Waals surface area contributed by atoms with Gasteiger partial charge in [0.15, 0.2) is 11.0 Å². The molecule has 0 spiro atoms. The number of hydrogen-bond donors (Lipinski definition) is 0. The van der Waals surface area contributed by atoms with Crippen molar-refractivity contribution in [2.24, 2.45) is 0 Å². The molecule has 0 saturated carbocycles. The van der Waals surface area contributed by atoms with Gasteiger partial charge in [0, 0.05) is 29.8 Å². The standard InChI is InChI=1S/C9H7Cl2FN2S/c1-15-14-3-6-5(7(10)4-14)2-13-9(11)8(6)12/h2,4H,3H2,1H3. The molecular weight excluding hydrogens is 258 g/mol. The molecule has 0 aliphatic carbocycles. The second-order valence-corrected chi connectivity index (χ2v) is 4.59. The monoisotopic (exact) mass is 264 g/mol. The Morgan fingerprint density at radius 2 is 2.27 bits per heavy atom. The van der Waals surface area contributed by atoms with E-state index in [9.17, 15) is 4.39 Å². The van der Waals surface area contributed by atoms with Gasteiger partial charge in [-0.25, -0.2) is 9.37 Å². The van der Waals surface area contributed by atoms with E-state index >= 15 is 0 Å². The maximum absolute atomic E-state index is 13.7.